The van der Waals surface area contributed by atoms with Crippen LogP contribution in [0.15, 0.2) is 54.7 Å². The number of para-hydroxylation sites is 1. The molecule has 2 aromatic carbocycles. The Morgan fingerprint density at radius 2 is 1.70 bits per heavy atom. The summed E-state index contributed by atoms with van der Waals surface area (Å²) in [4.78, 5) is 15.1. The van der Waals surface area contributed by atoms with E-state index in [-0.39, 0.29) is 11.4 Å². The monoisotopic (exact) mass is 423 g/mol. The van der Waals surface area contributed by atoms with E-state index in [0.29, 0.717) is 22.4 Å². The number of hydrogen-bond acceptors (Lipinski definition) is 3. The van der Waals surface area contributed by atoms with Crippen molar-refractivity contribution in [2.75, 3.05) is 4.72 Å². The third-order valence-corrected chi connectivity index (χ3v) is 6.51. The van der Waals surface area contributed by atoms with E-state index in [1.165, 1.54) is 10.8 Å². The third kappa shape index (κ3) is 3.93. The molecular weight excluding hydrogens is 402 g/mol. The zero-order chi connectivity index (χ0) is 22.1. The number of carboxylic acids is 1. The molecule has 0 aliphatic heterocycles. The largest absolute Gasteiger partial charge is 0.477 e. The van der Waals surface area contributed by atoms with Gasteiger partial charge in [-0.25, -0.2) is 18.1 Å². The summed E-state index contributed by atoms with van der Waals surface area (Å²) in [6.45, 7) is 10.6. The standard InChI is InChI=1S/C22H21N3O4S/c1-14(2)30(28,29)24-18-8-6-5-7-17(18)15-9-11-16(12-10-15)20-19(23-3)13-25(4)21(20)22(26)27/h5-14,24H,1-2,4H3,(H,26,27). The van der Waals surface area contributed by atoms with Gasteiger partial charge in [-0.2, -0.15) is 0 Å². The number of nitrogens with one attached hydrogen (secondary N) is 1. The number of sulfonamides is 1. The Labute approximate surface area is 175 Å². The Balaban J connectivity index is 2.06. The van der Waals surface area contributed by atoms with Crippen LogP contribution in [0, 0.1) is 6.57 Å². The molecule has 0 atom stereocenters. The first-order valence-electron chi connectivity index (χ1n) is 9.17. The highest BCUT2D eigenvalue weighted by molar-refractivity contribution is 7.93. The van der Waals surface area contributed by atoms with Gasteiger partial charge in [0.1, 0.15) is 5.69 Å². The highest BCUT2D eigenvalue weighted by Crippen LogP contribution is 2.37. The molecule has 0 fully saturated rings. The summed E-state index contributed by atoms with van der Waals surface area (Å²) < 4.78 is 28.7. The van der Waals surface area contributed by atoms with Crippen molar-refractivity contribution >= 4 is 27.4 Å². The summed E-state index contributed by atoms with van der Waals surface area (Å²) in [5.41, 5.74) is 3.19. The smallest absolute Gasteiger partial charge is 0.351 e. The molecule has 7 nitrogen and oxygen atoms in total. The van der Waals surface area contributed by atoms with Crippen molar-refractivity contribution in [2.24, 2.45) is 7.05 Å². The Morgan fingerprint density at radius 3 is 2.27 bits per heavy atom. The Hall–Kier alpha value is -3.57. The van der Waals surface area contributed by atoms with Crippen LogP contribution in [0.25, 0.3) is 27.1 Å². The highest BCUT2D eigenvalue weighted by Gasteiger charge is 2.22. The molecule has 0 unspecified atom stereocenters. The van der Waals surface area contributed by atoms with Crippen LogP contribution in [0.4, 0.5) is 11.4 Å². The lowest BCUT2D eigenvalue weighted by atomic mass is 9.99. The summed E-state index contributed by atoms with van der Waals surface area (Å²) in [7, 11) is -1.92. The molecule has 0 saturated carbocycles. The lowest BCUT2D eigenvalue weighted by molar-refractivity contribution is 0.0687. The van der Waals surface area contributed by atoms with E-state index in [4.69, 9.17) is 6.57 Å². The number of benzene rings is 2. The van der Waals surface area contributed by atoms with Crippen molar-refractivity contribution in [1.82, 2.24) is 4.57 Å². The van der Waals surface area contributed by atoms with Gasteiger partial charge in [-0.15, -0.1) is 0 Å². The van der Waals surface area contributed by atoms with Gasteiger partial charge in [0.25, 0.3) is 0 Å². The molecule has 30 heavy (non-hydrogen) atoms. The summed E-state index contributed by atoms with van der Waals surface area (Å²) in [5, 5.41) is 8.97. The van der Waals surface area contributed by atoms with Crippen LogP contribution >= 0.6 is 0 Å². The van der Waals surface area contributed by atoms with Gasteiger partial charge in [-0.05, 0) is 31.0 Å². The van der Waals surface area contributed by atoms with Gasteiger partial charge >= 0.3 is 5.97 Å². The molecule has 0 aliphatic rings. The molecule has 0 saturated heterocycles. The summed E-state index contributed by atoms with van der Waals surface area (Å²) in [5.74, 6) is -1.11. The molecule has 0 aliphatic carbocycles. The third-order valence-electron chi connectivity index (χ3n) is 4.77. The van der Waals surface area contributed by atoms with Crippen molar-refractivity contribution in [3.05, 3.63) is 71.8 Å². The van der Waals surface area contributed by atoms with Crippen molar-refractivity contribution in [3.8, 4) is 22.3 Å². The second-order valence-electron chi connectivity index (χ2n) is 7.08. The SMILES string of the molecule is [C-]#[N+]c1cn(C)c(C(=O)O)c1-c1ccc(-c2ccccc2NS(=O)(=O)C(C)C)cc1. The van der Waals surface area contributed by atoms with E-state index in [1.54, 1.807) is 57.3 Å². The minimum atomic E-state index is -3.51. The predicted molar refractivity (Wildman–Crippen MR) is 117 cm³/mol. The maximum Gasteiger partial charge on any atom is 0.351 e. The fourth-order valence-corrected chi connectivity index (χ4v) is 3.87. The first kappa shape index (κ1) is 21.1. The average molecular weight is 423 g/mol. The maximum absolute atomic E-state index is 12.3. The second kappa shape index (κ2) is 8.05. The zero-order valence-corrected chi connectivity index (χ0v) is 17.6. The number of nitrogens with zero attached hydrogens (tertiary/aromatic N) is 2. The van der Waals surface area contributed by atoms with E-state index in [9.17, 15) is 18.3 Å². The minimum absolute atomic E-state index is 0.0406. The van der Waals surface area contributed by atoms with Gasteiger partial charge in [0, 0.05) is 24.4 Å². The van der Waals surface area contributed by atoms with Crippen LogP contribution in [-0.2, 0) is 17.1 Å². The first-order valence-corrected chi connectivity index (χ1v) is 10.7. The van der Waals surface area contributed by atoms with Gasteiger partial charge in [0.15, 0.2) is 0 Å². The summed E-state index contributed by atoms with van der Waals surface area (Å²) in [6.07, 6.45) is 1.50. The van der Waals surface area contributed by atoms with E-state index >= 15 is 0 Å². The molecule has 1 aromatic heterocycles. The molecule has 0 bridgehead atoms. The number of aromatic nitrogens is 1. The van der Waals surface area contributed by atoms with Crippen LogP contribution in [-0.4, -0.2) is 29.3 Å². The predicted octanol–water partition coefficient (Wildman–Crippen LogP) is 4.76. The van der Waals surface area contributed by atoms with Crippen molar-refractivity contribution in [1.29, 1.82) is 0 Å². The first-order chi connectivity index (χ1) is 14.2. The topological polar surface area (TPSA) is 92.8 Å². The molecule has 3 aromatic rings. The van der Waals surface area contributed by atoms with E-state index in [0.717, 1.165) is 5.56 Å². The number of aryl methyl sites for hydroxylation is 1. The summed E-state index contributed by atoms with van der Waals surface area (Å²) in [6, 6.07) is 14.1. The molecule has 2 N–H and O–H groups in total. The lowest BCUT2D eigenvalue weighted by Gasteiger charge is -2.15. The molecule has 0 spiro atoms. The number of hydrogen-bond donors (Lipinski definition) is 2. The highest BCUT2D eigenvalue weighted by atomic mass is 32.2. The summed E-state index contributed by atoms with van der Waals surface area (Å²) >= 11 is 0. The quantitative estimate of drug-likeness (QED) is 0.559. The zero-order valence-electron chi connectivity index (χ0n) is 16.7. The Kier molecular flexibility index (Phi) is 5.67. The maximum atomic E-state index is 12.3. The Morgan fingerprint density at radius 1 is 1.10 bits per heavy atom. The molecule has 1 heterocycles. The molecule has 0 radical (unpaired) electrons. The van der Waals surface area contributed by atoms with Gasteiger partial charge < -0.3 is 9.67 Å². The number of anilines is 1. The van der Waals surface area contributed by atoms with Gasteiger partial charge in [-0.1, -0.05) is 42.5 Å². The van der Waals surface area contributed by atoms with Gasteiger partial charge in [-0.3, -0.25) is 4.72 Å². The minimum Gasteiger partial charge on any atom is -0.477 e. The molecule has 154 valence electrons. The van der Waals surface area contributed by atoms with E-state index in [2.05, 4.69) is 9.57 Å². The molecule has 8 heteroatoms. The molecular formula is C22H21N3O4S. The number of rotatable bonds is 6. The lowest BCUT2D eigenvalue weighted by Crippen LogP contribution is -2.22. The van der Waals surface area contributed by atoms with Crippen molar-refractivity contribution in [3.63, 3.8) is 0 Å². The van der Waals surface area contributed by atoms with Gasteiger partial charge in [0.2, 0.25) is 15.7 Å². The van der Waals surface area contributed by atoms with Crippen LogP contribution in [0.2, 0.25) is 0 Å². The van der Waals surface area contributed by atoms with E-state index in [1.807, 2.05) is 12.1 Å². The molecule has 0 amide bonds. The van der Waals surface area contributed by atoms with E-state index < -0.39 is 21.2 Å². The number of carboxylic acid groups (broad SMARTS) is 1. The van der Waals surface area contributed by atoms with Crippen LogP contribution in [0.5, 0.6) is 0 Å². The average Bonchev–Trinajstić information content (AvgIpc) is 3.04. The number of aromatic carboxylic acids is 1. The second-order valence-corrected chi connectivity index (χ2v) is 9.32. The van der Waals surface area contributed by atoms with Crippen molar-refractivity contribution in [2.45, 2.75) is 19.1 Å². The Bertz CT molecular complexity index is 1250. The fraction of sp³-hybridized carbons (Fsp3) is 0.182. The van der Waals surface area contributed by atoms with Crippen LogP contribution < -0.4 is 4.72 Å². The number of carbonyl (C=O) groups is 1. The molecule has 3 rings (SSSR count). The van der Waals surface area contributed by atoms with Gasteiger partial charge in [0.05, 0.1) is 17.5 Å². The van der Waals surface area contributed by atoms with Crippen LogP contribution in [0.3, 0.4) is 0 Å². The van der Waals surface area contributed by atoms with Crippen LogP contribution in [0.1, 0.15) is 24.3 Å². The normalized spacial score (nSPS) is 11.3. The fourth-order valence-electron chi connectivity index (χ4n) is 3.15. The van der Waals surface area contributed by atoms with Crippen molar-refractivity contribution < 1.29 is 18.3 Å².